The molecular formula is C13H23N. The van der Waals surface area contributed by atoms with E-state index in [1.807, 2.05) is 45.9 Å². The van der Waals surface area contributed by atoms with Gasteiger partial charge in [-0.1, -0.05) is 58.9 Å². The first-order valence-electron chi connectivity index (χ1n) is 5.47. The third-order valence-corrected chi connectivity index (χ3v) is 1.59. The van der Waals surface area contributed by atoms with E-state index >= 15 is 0 Å². The zero-order valence-electron chi connectivity index (χ0n) is 10.1. The van der Waals surface area contributed by atoms with Gasteiger partial charge < -0.3 is 5.41 Å². The van der Waals surface area contributed by atoms with Gasteiger partial charge in [-0.15, -0.1) is 0 Å². The molecule has 1 N–H and O–H groups in total. The van der Waals surface area contributed by atoms with Crippen molar-refractivity contribution in [3.05, 3.63) is 35.4 Å². The Morgan fingerprint density at radius 1 is 1.07 bits per heavy atom. The van der Waals surface area contributed by atoms with Gasteiger partial charge in [-0.25, -0.2) is 0 Å². The van der Waals surface area contributed by atoms with Crippen molar-refractivity contribution < 1.29 is 0 Å². The highest BCUT2D eigenvalue weighted by atomic mass is 14.3. The number of aryl methyl sites for hydroxylation is 1. The van der Waals surface area contributed by atoms with Crippen molar-refractivity contribution in [3.63, 3.8) is 0 Å². The van der Waals surface area contributed by atoms with Crippen LogP contribution < -0.4 is 0 Å². The first-order valence-corrected chi connectivity index (χ1v) is 5.47. The van der Waals surface area contributed by atoms with Gasteiger partial charge in [0.15, 0.2) is 0 Å². The van der Waals surface area contributed by atoms with Gasteiger partial charge in [0.25, 0.3) is 0 Å². The highest BCUT2D eigenvalue weighted by Gasteiger charge is 1.92. The SMILES string of the molecule is CC.CC.CCc1ccccc1C=N. The van der Waals surface area contributed by atoms with Crippen LogP contribution in [-0.4, -0.2) is 6.21 Å². The number of hydrogen-bond donors (Lipinski definition) is 1. The van der Waals surface area contributed by atoms with Crippen LogP contribution >= 0.6 is 0 Å². The van der Waals surface area contributed by atoms with Crippen LogP contribution in [0.5, 0.6) is 0 Å². The summed E-state index contributed by atoms with van der Waals surface area (Å²) in [5, 5.41) is 7.06. The van der Waals surface area contributed by atoms with Crippen molar-refractivity contribution >= 4 is 6.21 Å². The van der Waals surface area contributed by atoms with Crippen LogP contribution in [0.15, 0.2) is 24.3 Å². The van der Waals surface area contributed by atoms with E-state index in [1.165, 1.54) is 11.8 Å². The van der Waals surface area contributed by atoms with Crippen LogP contribution in [0.25, 0.3) is 0 Å². The molecule has 0 bridgehead atoms. The number of nitrogens with one attached hydrogen (secondary N) is 1. The Balaban J connectivity index is 0. The third kappa shape index (κ3) is 5.52. The summed E-state index contributed by atoms with van der Waals surface area (Å²) >= 11 is 0. The molecule has 0 aliphatic heterocycles. The van der Waals surface area contributed by atoms with Crippen LogP contribution in [0.2, 0.25) is 0 Å². The molecule has 1 aromatic carbocycles. The molecule has 1 nitrogen and oxygen atoms in total. The lowest BCUT2D eigenvalue weighted by Crippen LogP contribution is -1.88. The molecule has 0 aliphatic rings. The summed E-state index contributed by atoms with van der Waals surface area (Å²) in [4.78, 5) is 0. The normalized spacial score (nSPS) is 7.50. The Kier molecular flexibility index (Phi) is 13.1. The van der Waals surface area contributed by atoms with Gasteiger partial charge in [0.1, 0.15) is 0 Å². The second-order valence-corrected chi connectivity index (χ2v) is 2.20. The highest BCUT2D eigenvalue weighted by molar-refractivity contribution is 5.79. The third-order valence-electron chi connectivity index (χ3n) is 1.59. The van der Waals surface area contributed by atoms with Crippen molar-refractivity contribution in [2.75, 3.05) is 0 Å². The van der Waals surface area contributed by atoms with Gasteiger partial charge >= 0.3 is 0 Å². The molecule has 0 saturated heterocycles. The summed E-state index contributed by atoms with van der Waals surface area (Å²) in [6.07, 6.45) is 2.41. The van der Waals surface area contributed by atoms with Crippen molar-refractivity contribution in [2.45, 2.75) is 41.0 Å². The zero-order valence-corrected chi connectivity index (χ0v) is 10.1. The molecule has 0 saturated carbocycles. The molecule has 1 aromatic rings. The van der Waals surface area contributed by atoms with E-state index in [-0.39, 0.29) is 0 Å². The highest BCUT2D eigenvalue weighted by Crippen LogP contribution is 2.05. The minimum Gasteiger partial charge on any atom is -0.308 e. The zero-order chi connectivity index (χ0) is 11.4. The van der Waals surface area contributed by atoms with Gasteiger partial charge in [-0.05, 0) is 17.5 Å². The topological polar surface area (TPSA) is 23.9 Å². The fourth-order valence-electron chi connectivity index (χ4n) is 0.997. The quantitative estimate of drug-likeness (QED) is 0.677. The van der Waals surface area contributed by atoms with E-state index in [9.17, 15) is 0 Å². The maximum atomic E-state index is 7.06. The maximum Gasteiger partial charge on any atom is 0.0253 e. The average Bonchev–Trinajstić information content (AvgIpc) is 2.34. The van der Waals surface area contributed by atoms with Gasteiger partial charge in [0.05, 0.1) is 0 Å². The molecule has 0 spiro atoms. The van der Waals surface area contributed by atoms with Crippen LogP contribution in [0.4, 0.5) is 0 Å². The Labute approximate surface area is 88.7 Å². The minimum absolute atomic E-state index is 1.01. The number of benzene rings is 1. The standard InChI is InChI=1S/C9H11N.2C2H6/c1-2-8-5-3-4-6-9(8)7-10;2*1-2/h3-7,10H,2H2,1H3;2*1-2H3. The summed E-state index contributed by atoms with van der Waals surface area (Å²) in [5.74, 6) is 0. The second kappa shape index (κ2) is 11.9. The van der Waals surface area contributed by atoms with Crippen LogP contribution in [-0.2, 0) is 6.42 Å². The molecule has 0 radical (unpaired) electrons. The summed E-state index contributed by atoms with van der Waals surface area (Å²) in [6, 6.07) is 7.98. The Bertz CT molecular complexity index is 228. The maximum absolute atomic E-state index is 7.06. The lowest BCUT2D eigenvalue weighted by Gasteiger charge is -1.98. The molecule has 14 heavy (non-hydrogen) atoms. The van der Waals surface area contributed by atoms with Crippen LogP contribution in [0.1, 0.15) is 45.7 Å². The smallest absolute Gasteiger partial charge is 0.0253 e. The molecule has 0 unspecified atom stereocenters. The van der Waals surface area contributed by atoms with E-state index in [4.69, 9.17) is 5.41 Å². The van der Waals surface area contributed by atoms with Crippen molar-refractivity contribution in [1.29, 1.82) is 5.41 Å². The molecule has 0 atom stereocenters. The van der Waals surface area contributed by atoms with E-state index < -0.39 is 0 Å². The summed E-state index contributed by atoms with van der Waals surface area (Å²) < 4.78 is 0. The second-order valence-electron chi connectivity index (χ2n) is 2.20. The summed E-state index contributed by atoms with van der Waals surface area (Å²) in [6.45, 7) is 10.1. The molecular weight excluding hydrogens is 170 g/mol. The van der Waals surface area contributed by atoms with E-state index in [0.717, 1.165) is 12.0 Å². The monoisotopic (exact) mass is 193 g/mol. The van der Waals surface area contributed by atoms with Crippen LogP contribution in [0, 0.1) is 5.41 Å². The number of hydrogen-bond acceptors (Lipinski definition) is 1. The lowest BCUT2D eigenvalue weighted by atomic mass is 10.1. The Morgan fingerprint density at radius 3 is 1.93 bits per heavy atom. The Hall–Kier alpha value is -1.11. The molecule has 0 heterocycles. The Morgan fingerprint density at radius 2 is 1.57 bits per heavy atom. The predicted molar refractivity (Wildman–Crippen MR) is 66.4 cm³/mol. The van der Waals surface area contributed by atoms with Crippen molar-refractivity contribution in [1.82, 2.24) is 0 Å². The predicted octanol–water partition coefficient (Wildman–Crippen LogP) is 4.30. The molecule has 1 rings (SSSR count). The minimum atomic E-state index is 1.01. The van der Waals surface area contributed by atoms with Gasteiger partial charge in [0, 0.05) is 6.21 Å². The molecule has 0 aromatic heterocycles. The lowest BCUT2D eigenvalue weighted by molar-refractivity contribution is 1.13. The average molecular weight is 193 g/mol. The fourth-order valence-corrected chi connectivity index (χ4v) is 0.997. The summed E-state index contributed by atoms with van der Waals surface area (Å²) in [7, 11) is 0. The number of rotatable bonds is 2. The van der Waals surface area contributed by atoms with E-state index in [0.29, 0.717) is 0 Å². The van der Waals surface area contributed by atoms with Gasteiger partial charge in [-0.3, -0.25) is 0 Å². The molecule has 1 heteroatoms. The van der Waals surface area contributed by atoms with Crippen molar-refractivity contribution in [2.24, 2.45) is 0 Å². The van der Waals surface area contributed by atoms with Gasteiger partial charge in [0.2, 0.25) is 0 Å². The first-order chi connectivity index (χ1) is 6.88. The summed E-state index contributed by atoms with van der Waals surface area (Å²) in [5.41, 5.74) is 2.28. The molecule has 80 valence electrons. The molecule has 0 aliphatic carbocycles. The van der Waals surface area contributed by atoms with Crippen molar-refractivity contribution in [3.8, 4) is 0 Å². The first kappa shape index (κ1) is 15.4. The molecule has 0 fully saturated rings. The molecule has 0 amide bonds. The van der Waals surface area contributed by atoms with E-state index in [1.54, 1.807) is 0 Å². The fraction of sp³-hybridized carbons (Fsp3) is 0.462. The van der Waals surface area contributed by atoms with Crippen LogP contribution in [0.3, 0.4) is 0 Å². The van der Waals surface area contributed by atoms with E-state index in [2.05, 4.69) is 13.0 Å². The largest absolute Gasteiger partial charge is 0.308 e. The van der Waals surface area contributed by atoms with Gasteiger partial charge in [-0.2, -0.15) is 0 Å².